The van der Waals surface area contributed by atoms with Crippen molar-refractivity contribution in [2.45, 2.75) is 110 Å². The number of rotatable bonds is 15. The topological polar surface area (TPSA) is 58.6 Å². The molecular formula is C19H40N2O. The second-order valence-electron chi connectivity index (χ2n) is 6.89. The van der Waals surface area contributed by atoms with Gasteiger partial charge < -0.3 is 10.9 Å². The van der Waals surface area contributed by atoms with E-state index in [9.17, 15) is 0 Å². The van der Waals surface area contributed by atoms with E-state index in [1.54, 1.807) is 6.21 Å². The number of oxime groups is 1. The van der Waals surface area contributed by atoms with E-state index in [4.69, 9.17) is 10.9 Å². The van der Waals surface area contributed by atoms with Crippen molar-refractivity contribution in [3.8, 4) is 0 Å². The molecule has 0 bridgehead atoms. The molecule has 3 heteroatoms. The van der Waals surface area contributed by atoms with E-state index in [2.05, 4.69) is 25.9 Å². The van der Waals surface area contributed by atoms with Gasteiger partial charge in [-0.25, -0.2) is 0 Å². The van der Waals surface area contributed by atoms with Gasteiger partial charge in [0.05, 0.1) is 0 Å². The van der Waals surface area contributed by atoms with Crippen LogP contribution in [0.5, 0.6) is 0 Å². The van der Waals surface area contributed by atoms with Gasteiger partial charge in [0.2, 0.25) is 0 Å². The van der Waals surface area contributed by atoms with Gasteiger partial charge in [-0.05, 0) is 32.1 Å². The quantitative estimate of drug-likeness (QED) is 0.171. The standard InChI is InChI=1S/C19H40N2O/c1-4-7-15-19(6-3,17-21-22)16-13-11-9-8-10-12-14-18(20)5-2/h17-18,22H,4-16,20H2,1-3H3/b21-17+. The number of hydrogen-bond acceptors (Lipinski definition) is 3. The van der Waals surface area contributed by atoms with Gasteiger partial charge in [-0.15, -0.1) is 5.16 Å². The maximum absolute atomic E-state index is 8.96. The molecule has 0 spiro atoms. The second kappa shape index (κ2) is 14.0. The normalized spacial score (nSPS) is 16.0. The summed E-state index contributed by atoms with van der Waals surface area (Å²) in [5, 5.41) is 12.3. The van der Waals surface area contributed by atoms with Gasteiger partial charge in [-0.3, -0.25) is 0 Å². The molecule has 2 unspecified atom stereocenters. The summed E-state index contributed by atoms with van der Waals surface area (Å²) < 4.78 is 0. The average molecular weight is 313 g/mol. The Labute approximate surface area is 138 Å². The van der Waals surface area contributed by atoms with Crippen LogP contribution < -0.4 is 5.73 Å². The Balaban J connectivity index is 3.80. The van der Waals surface area contributed by atoms with Gasteiger partial charge in [0.25, 0.3) is 0 Å². The first kappa shape index (κ1) is 21.4. The lowest BCUT2D eigenvalue weighted by atomic mass is 9.77. The fourth-order valence-electron chi connectivity index (χ4n) is 3.15. The molecule has 3 nitrogen and oxygen atoms in total. The summed E-state index contributed by atoms with van der Waals surface area (Å²) in [6.45, 7) is 6.61. The van der Waals surface area contributed by atoms with Crippen molar-refractivity contribution in [1.82, 2.24) is 0 Å². The van der Waals surface area contributed by atoms with Crippen LogP contribution in [0.2, 0.25) is 0 Å². The average Bonchev–Trinajstić information content (AvgIpc) is 2.54. The molecule has 22 heavy (non-hydrogen) atoms. The number of unbranched alkanes of at least 4 members (excludes halogenated alkanes) is 6. The molecule has 0 heterocycles. The lowest BCUT2D eigenvalue weighted by Gasteiger charge is -2.28. The van der Waals surface area contributed by atoms with Crippen LogP contribution in [0.3, 0.4) is 0 Å². The predicted octanol–water partition coefficient (Wildman–Crippen LogP) is 5.89. The number of nitrogens with zero attached hydrogens (tertiary/aromatic N) is 1. The lowest BCUT2D eigenvalue weighted by molar-refractivity contribution is 0.285. The van der Waals surface area contributed by atoms with Crippen molar-refractivity contribution in [1.29, 1.82) is 0 Å². The van der Waals surface area contributed by atoms with Gasteiger partial charge in [-0.1, -0.05) is 72.1 Å². The fraction of sp³-hybridized carbons (Fsp3) is 0.947. The van der Waals surface area contributed by atoms with Crippen LogP contribution in [-0.2, 0) is 0 Å². The van der Waals surface area contributed by atoms with Crippen molar-refractivity contribution in [3.63, 3.8) is 0 Å². The number of nitrogens with two attached hydrogens (primary N) is 1. The molecule has 132 valence electrons. The molecule has 0 amide bonds. The van der Waals surface area contributed by atoms with Crippen molar-refractivity contribution < 1.29 is 5.21 Å². The Morgan fingerprint density at radius 3 is 2.09 bits per heavy atom. The maximum Gasteiger partial charge on any atom is 0.0497 e. The highest BCUT2D eigenvalue weighted by Gasteiger charge is 2.25. The molecule has 2 atom stereocenters. The Kier molecular flexibility index (Phi) is 13.7. The molecule has 3 N–H and O–H groups in total. The largest absolute Gasteiger partial charge is 0.411 e. The molecule has 0 aromatic carbocycles. The third kappa shape index (κ3) is 10.2. The number of hydrogen-bond donors (Lipinski definition) is 2. The van der Waals surface area contributed by atoms with E-state index in [0.717, 1.165) is 25.7 Å². The zero-order valence-electron chi connectivity index (χ0n) is 15.3. The van der Waals surface area contributed by atoms with Crippen LogP contribution in [0.1, 0.15) is 104 Å². The first-order chi connectivity index (χ1) is 10.6. The molecule has 0 saturated heterocycles. The van der Waals surface area contributed by atoms with Crippen molar-refractivity contribution in [2.24, 2.45) is 16.3 Å². The Morgan fingerprint density at radius 1 is 0.955 bits per heavy atom. The highest BCUT2D eigenvalue weighted by Crippen LogP contribution is 2.33. The van der Waals surface area contributed by atoms with Crippen molar-refractivity contribution in [2.75, 3.05) is 0 Å². The summed E-state index contributed by atoms with van der Waals surface area (Å²) in [4.78, 5) is 0. The van der Waals surface area contributed by atoms with Crippen LogP contribution in [0.25, 0.3) is 0 Å². The van der Waals surface area contributed by atoms with Crippen LogP contribution in [-0.4, -0.2) is 17.5 Å². The molecular weight excluding hydrogens is 272 g/mol. The predicted molar refractivity (Wildman–Crippen MR) is 97.7 cm³/mol. The van der Waals surface area contributed by atoms with Crippen LogP contribution in [0.4, 0.5) is 0 Å². The third-order valence-corrected chi connectivity index (χ3v) is 5.09. The lowest BCUT2D eigenvalue weighted by Crippen LogP contribution is -2.22. The van der Waals surface area contributed by atoms with E-state index in [-0.39, 0.29) is 5.41 Å². The highest BCUT2D eigenvalue weighted by atomic mass is 16.4. The summed E-state index contributed by atoms with van der Waals surface area (Å²) >= 11 is 0. The van der Waals surface area contributed by atoms with E-state index >= 15 is 0 Å². The third-order valence-electron chi connectivity index (χ3n) is 5.09. The highest BCUT2D eigenvalue weighted by molar-refractivity contribution is 5.64. The molecule has 0 radical (unpaired) electrons. The minimum atomic E-state index is 0.124. The zero-order chi connectivity index (χ0) is 16.7. The van der Waals surface area contributed by atoms with Gasteiger partial charge >= 0.3 is 0 Å². The Bertz CT molecular complexity index is 268. The molecule has 0 rings (SSSR count). The monoisotopic (exact) mass is 312 g/mol. The zero-order valence-corrected chi connectivity index (χ0v) is 15.3. The SMILES string of the molecule is CCCCC(/C=N/O)(CC)CCCCCCCCC(N)CC. The summed E-state index contributed by atoms with van der Waals surface area (Å²) in [6, 6.07) is 0.404. The second-order valence-corrected chi connectivity index (χ2v) is 6.89. The summed E-state index contributed by atoms with van der Waals surface area (Å²) in [5.41, 5.74) is 6.06. The van der Waals surface area contributed by atoms with Crippen molar-refractivity contribution >= 4 is 6.21 Å². The summed E-state index contributed by atoms with van der Waals surface area (Å²) in [7, 11) is 0. The minimum Gasteiger partial charge on any atom is -0.411 e. The summed E-state index contributed by atoms with van der Waals surface area (Å²) in [6.07, 6.45) is 17.7. The van der Waals surface area contributed by atoms with E-state index in [1.165, 1.54) is 57.8 Å². The van der Waals surface area contributed by atoms with Gasteiger partial charge in [0.15, 0.2) is 0 Å². The van der Waals surface area contributed by atoms with Gasteiger partial charge in [0.1, 0.15) is 0 Å². The molecule has 0 aliphatic heterocycles. The molecule has 0 fully saturated rings. The molecule has 0 aliphatic rings. The van der Waals surface area contributed by atoms with Gasteiger partial charge in [-0.2, -0.15) is 0 Å². The van der Waals surface area contributed by atoms with Crippen molar-refractivity contribution in [3.05, 3.63) is 0 Å². The van der Waals surface area contributed by atoms with E-state index in [1.807, 2.05) is 0 Å². The van der Waals surface area contributed by atoms with Gasteiger partial charge in [0, 0.05) is 17.7 Å². The minimum absolute atomic E-state index is 0.124. The molecule has 0 aromatic heterocycles. The first-order valence-electron chi connectivity index (χ1n) is 9.58. The molecule has 0 saturated carbocycles. The van der Waals surface area contributed by atoms with E-state index < -0.39 is 0 Å². The Hall–Kier alpha value is -0.570. The smallest absolute Gasteiger partial charge is 0.0497 e. The molecule has 0 aromatic rings. The fourth-order valence-corrected chi connectivity index (χ4v) is 3.15. The molecule has 0 aliphatic carbocycles. The Morgan fingerprint density at radius 2 is 1.55 bits per heavy atom. The summed E-state index contributed by atoms with van der Waals surface area (Å²) in [5.74, 6) is 0. The van der Waals surface area contributed by atoms with Crippen LogP contribution in [0, 0.1) is 5.41 Å². The maximum atomic E-state index is 8.96. The van der Waals surface area contributed by atoms with E-state index in [0.29, 0.717) is 6.04 Å². The van der Waals surface area contributed by atoms with Crippen LogP contribution >= 0.6 is 0 Å². The first-order valence-corrected chi connectivity index (χ1v) is 9.58. The van der Waals surface area contributed by atoms with Crippen LogP contribution in [0.15, 0.2) is 5.16 Å².